The second kappa shape index (κ2) is 5.11. The van der Waals surface area contributed by atoms with Gasteiger partial charge in [-0.15, -0.1) is 11.3 Å². The average Bonchev–Trinajstić information content (AvgIpc) is 2.34. The molecule has 1 atom stereocenters. The Kier molecular flexibility index (Phi) is 4.77. The third-order valence-electron chi connectivity index (χ3n) is 1.75. The molecule has 0 aliphatic carbocycles. The number of rotatable bonds is 3. The minimum atomic E-state index is 0.516. The molecule has 1 aromatic heterocycles. The van der Waals surface area contributed by atoms with Gasteiger partial charge in [-0.1, -0.05) is 6.92 Å². The molecule has 1 rings (SSSR count). The normalized spacial score (nSPS) is 13.3. The minimum Gasteiger partial charge on any atom is -0.254 e. The van der Waals surface area contributed by atoms with Crippen LogP contribution in [-0.2, 0) is 0 Å². The molecule has 1 aromatic rings. The maximum atomic E-state index is 3.29. The summed E-state index contributed by atoms with van der Waals surface area (Å²) in [6.45, 7) is 4.37. The van der Waals surface area contributed by atoms with E-state index in [1.165, 1.54) is 13.3 Å². The van der Waals surface area contributed by atoms with Gasteiger partial charge in [0.1, 0.15) is 0 Å². The molecule has 4 heteroatoms. The van der Waals surface area contributed by atoms with E-state index in [1.807, 2.05) is 11.3 Å². The molecule has 0 saturated carbocycles. The maximum absolute atomic E-state index is 3.29. The first-order valence-corrected chi connectivity index (χ1v) is 6.78. The number of nitrogens with one attached hydrogen (secondary N) is 1. The van der Waals surface area contributed by atoms with Crippen LogP contribution in [0.3, 0.4) is 0 Å². The highest BCUT2D eigenvalue weighted by Gasteiger charge is 2.12. The Labute approximate surface area is 105 Å². The largest absolute Gasteiger partial charge is 0.254 e. The molecule has 1 unspecified atom stereocenters. The first-order chi connectivity index (χ1) is 5.69. The van der Waals surface area contributed by atoms with Crippen molar-refractivity contribution in [1.82, 2.24) is 3.53 Å². The van der Waals surface area contributed by atoms with Gasteiger partial charge in [0.25, 0.3) is 0 Å². The number of halogens is 2. The molecule has 68 valence electrons. The molecule has 0 bridgehead atoms. The van der Waals surface area contributed by atoms with E-state index in [1.54, 1.807) is 0 Å². The fraction of sp³-hybridized carbons (Fsp3) is 0.500. The molecular weight excluding hydrogens is 396 g/mol. The van der Waals surface area contributed by atoms with Crippen LogP contribution in [0.1, 0.15) is 29.8 Å². The summed E-state index contributed by atoms with van der Waals surface area (Å²) in [5, 5.41) is 0. The van der Waals surface area contributed by atoms with Crippen molar-refractivity contribution in [3.8, 4) is 0 Å². The molecule has 0 amide bonds. The van der Waals surface area contributed by atoms with E-state index in [0.29, 0.717) is 6.04 Å². The lowest BCUT2D eigenvalue weighted by Gasteiger charge is -2.10. The van der Waals surface area contributed by atoms with Gasteiger partial charge in [-0.2, -0.15) is 0 Å². The van der Waals surface area contributed by atoms with Crippen LogP contribution in [0.2, 0.25) is 0 Å². The van der Waals surface area contributed by atoms with E-state index in [-0.39, 0.29) is 0 Å². The van der Waals surface area contributed by atoms with Crippen LogP contribution in [0.15, 0.2) is 6.07 Å². The van der Waals surface area contributed by atoms with Crippen LogP contribution in [-0.4, -0.2) is 0 Å². The Hall–Kier alpha value is 1.12. The molecule has 0 aromatic carbocycles. The van der Waals surface area contributed by atoms with Gasteiger partial charge < -0.3 is 0 Å². The summed E-state index contributed by atoms with van der Waals surface area (Å²) in [6.07, 6.45) is 1.15. The Balaban J connectivity index is 2.91. The quantitative estimate of drug-likeness (QED) is 0.589. The van der Waals surface area contributed by atoms with Gasteiger partial charge >= 0.3 is 0 Å². The molecule has 0 fully saturated rings. The molecule has 0 spiro atoms. The van der Waals surface area contributed by atoms with Gasteiger partial charge in [0.15, 0.2) is 0 Å². The van der Waals surface area contributed by atoms with Crippen LogP contribution in [0.5, 0.6) is 0 Å². The standard InChI is InChI=1S/C8H11I2NS/c1-3-7(11-10)6-4-5(2)12-8(6)9/h4,7,11H,3H2,1-2H3. The topological polar surface area (TPSA) is 12.0 Å². The Morgan fingerprint density at radius 1 is 1.67 bits per heavy atom. The zero-order valence-corrected chi connectivity index (χ0v) is 12.2. The van der Waals surface area contributed by atoms with Crippen LogP contribution in [0.4, 0.5) is 0 Å². The van der Waals surface area contributed by atoms with Gasteiger partial charge in [0.05, 0.1) is 2.88 Å². The zero-order valence-electron chi connectivity index (χ0n) is 7.03. The van der Waals surface area contributed by atoms with Gasteiger partial charge in [0, 0.05) is 33.8 Å². The maximum Gasteiger partial charge on any atom is 0.0704 e. The molecule has 0 aliphatic rings. The number of aryl methyl sites for hydroxylation is 1. The predicted molar refractivity (Wildman–Crippen MR) is 72.0 cm³/mol. The highest BCUT2D eigenvalue weighted by molar-refractivity contribution is 14.1. The first-order valence-electron chi connectivity index (χ1n) is 3.81. The van der Waals surface area contributed by atoms with E-state index < -0.39 is 0 Å². The predicted octanol–water partition coefficient (Wildman–Crippen LogP) is 4.05. The van der Waals surface area contributed by atoms with Crippen molar-refractivity contribution >= 4 is 56.8 Å². The summed E-state index contributed by atoms with van der Waals surface area (Å²) in [6, 6.07) is 2.80. The van der Waals surface area contributed by atoms with Crippen molar-refractivity contribution < 1.29 is 0 Å². The summed E-state index contributed by atoms with van der Waals surface area (Å²) in [4.78, 5) is 1.40. The van der Waals surface area contributed by atoms with Crippen LogP contribution >= 0.6 is 56.8 Å². The van der Waals surface area contributed by atoms with E-state index in [9.17, 15) is 0 Å². The van der Waals surface area contributed by atoms with Crippen LogP contribution in [0, 0.1) is 9.81 Å². The molecule has 0 radical (unpaired) electrons. The lowest BCUT2D eigenvalue weighted by molar-refractivity contribution is 0.669. The summed E-state index contributed by atoms with van der Waals surface area (Å²) in [5.74, 6) is 0. The smallest absolute Gasteiger partial charge is 0.0704 e. The van der Waals surface area contributed by atoms with Crippen molar-refractivity contribution in [3.63, 3.8) is 0 Å². The summed E-state index contributed by atoms with van der Waals surface area (Å²) in [7, 11) is 0. The fourth-order valence-electron chi connectivity index (χ4n) is 1.10. The third kappa shape index (κ3) is 2.55. The molecule has 0 aliphatic heterocycles. The van der Waals surface area contributed by atoms with Crippen molar-refractivity contribution in [3.05, 3.63) is 19.4 Å². The second-order valence-electron chi connectivity index (χ2n) is 2.66. The molecule has 1 heterocycles. The first kappa shape index (κ1) is 11.2. The van der Waals surface area contributed by atoms with E-state index in [0.717, 1.165) is 6.42 Å². The van der Waals surface area contributed by atoms with Crippen molar-refractivity contribution in [2.24, 2.45) is 0 Å². The number of hydrogen-bond donors (Lipinski definition) is 1. The Morgan fingerprint density at radius 2 is 2.33 bits per heavy atom. The third-order valence-corrected chi connectivity index (χ3v) is 4.64. The zero-order chi connectivity index (χ0) is 9.14. The molecule has 12 heavy (non-hydrogen) atoms. The van der Waals surface area contributed by atoms with Crippen LogP contribution < -0.4 is 3.53 Å². The van der Waals surface area contributed by atoms with Crippen molar-refractivity contribution in [1.29, 1.82) is 0 Å². The molecular formula is C8H11I2NS. The summed E-state index contributed by atoms with van der Waals surface area (Å²) < 4.78 is 4.71. The Morgan fingerprint density at radius 3 is 2.67 bits per heavy atom. The van der Waals surface area contributed by atoms with E-state index in [2.05, 4.69) is 68.9 Å². The average molecular weight is 407 g/mol. The fourth-order valence-corrected chi connectivity index (χ4v) is 4.24. The summed E-state index contributed by atoms with van der Waals surface area (Å²) in [5.41, 5.74) is 1.45. The lowest BCUT2D eigenvalue weighted by Crippen LogP contribution is -2.09. The Bertz CT molecular complexity index is 256. The highest BCUT2D eigenvalue weighted by atomic mass is 127. The van der Waals surface area contributed by atoms with Gasteiger partial charge in [-0.25, -0.2) is 0 Å². The van der Waals surface area contributed by atoms with Crippen LogP contribution in [0.25, 0.3) is 0 Å². The number of hydrogen-bond acceptors (Lipinski definition) is 2. The van der Waals surface area contributed by atoms with E-state index in [4.69, 9.17) is 0 Å². The van der Waals surface area contributed by atoms with Gasteiger partial charge in [-0.3, -0.25) is 3.53 Å². The molecule has 0 saturated heterocycles. The molecule has 1 N–H and O–H groups in total. The number of thiophene rings is 1. The van der Waals surface area contributed by atoms with Crippen molar-refractivity contribution in [2.75, 3.05) is 0 Å². The summed E-state index contributed by atoms with van der Waals surface area (Å²) >= 11 is 6.52. The monoisotopic (exact) mass is 407 g/mol. The lowest BCUT2D eigenvalue weighted by atomic mass is 10.1. The minimum absolute atomic E-state index is 0.516. The van der Waals surface area contributed by atoms with Gasteiger partial charge in [0.2, 0.25) is 0 Å². The molecule has 1 nitrogen and oxygen atoms in total. The second-order valence-corrected chi connectivity index (χ2v) is 6.35. The van der Waals surface area contributed by atoms with Gasteiger partial charge in [-0.05, 0) is 47.6 Å². The van der Waals surface area contributed by atoms with E-state index >= 15 is 0 Å². The SMILES string of the molecule is CCC(NI)c1cc(C)sc1I. The highest BCUT2D eigenvalue weighted by Crippen LogP contribution is 2.30. The van der Waals surface area contributed by atoms with Crippen molar-refractivity contribution in [2.45, 2.75) is 26.3 Å².